The molecule has 0 aliphatic rings. The highest BCUT2D eigenvalue weighted by Gasteiger charge is 2.29. The third-order valence-corrected chi connectivity index (χ3v) is 12.6. The summed E-state index contributed by atoms with van der Waals surface area (Å²) in [7, 11) is -0.681. The Bertz CT molecular complexity index is 322. The highest BCUT2D eigenvalue weighted by atomic mass is 31.2. The lowest BCUT2D eigenvalue weighted by atomic mass is 10.1. The van der Waals surface area contributed by atoms with Gasteiger partial charge in [0.2, 0.25) is 0 Å². The SMILES string of the molecule is CCCCCCCCCCC[P+](C)(CCCCCCCCCCC)CCCCCCCCCCC. The van der Waals surface area contributed by atoms with Gasteiger partial charge < -0.3 is 0 Å². The molecule has 0 N–H and O–H groups in total. The summed E-state index contributed by atoms with van der Waals surface area (Å²) in [6.45, 7) is 9.74. The van der Waals surface area contributed by atoms with Gasteiger partial charge in [-0.05, 0) is 38.5 Å². The van der Waals surface area contributed by atoms with E-state index >= 15 is 0 Å². The van der Waals surface area contributed by atoms with Crippen molar-refractivity contribution >= 4 is 7.26 Å². The summed E-state index contributed by atoms with van der Waals surface area (Å²) >= 11 is 0. The first kappa shape index (κ1) is 35.4. The summed E-state index contributed by atoms with van der Waals surface area (Å²) in [4.78, 5) is 0. The molecule has 0 atom stereocenters. The van der Waals surface area contributed by atoms with Crippen molar-refractivity contribution in [2.45, 2.75) is 194 Å². The second-order valence-corrected chi connectivity index (χ2v) is 16.9. The van der Waals surface area contributed by atoms with E-state index in [0.29, 0.717) is 0 Å². The summed E-state index contributed by atoms with van der Waals surface area (Å²) in [5.41, 5.74) is 0. The van der Waals surface area contributed by atoms with Gasteiger partial charge in [-0.1, -0.05) is 156 Å². The highest BCUT2D eigenvalue weighted by molar-refractivity contribution is 7.75. The molecule has 0 fully saturated rings. The Morgan fingerprint density at radius 2 is 0.429 bits per heavy atom. The van der Waals surface area contributed by atoms with Crippen LogP contribution in [0.4, 0.5) is 0 Å². The molecular weight excluding hydrogens is 439 g/mol. The van der Waals surface area contributed by atoms with Crippen LogP contribution >= 0.6 is 7.26 Å². The molecule has 0 aliphatic heterocycles. The van der Waals surface area contributed by atoms with E-state index in [-0.39, 0.29) is 0 Å². The first-order valence-corrected chi connectivity index (χ1v) is 19.8. The zero-order valence-corrected chi connectivity index (χ0v) is 26.6. The van der Waals surface area contributed by atoms with E-state index in [1.54, 1.807) is 18.5 Å². The number of rotatable bonds is 30. The summed E-state index contributed by atoms with van der Waals surface area (Å²) < 4.78 is 0. The maximum atomic E-state index is 2.77. The van der Waals surface area contributed by atoms with Crippen molar-refractivity contribution in [3.8, 4) is 0 Å². The van der Waals surface area contributed by atoms with E-state index in [9.17, 15) is 0 Å². The topological polar surface area (TPSA) is 0 Å². The van der Waals surface area contributed by atoms with Crippen molar-refractivity contribution < 1.29 is 0 Å². The van der Waals surface area contributed by atoms with Crippen molar-refractivity contribution in [1.29, 1.82) is 0 Å². The van der Waals surface area contributed by atoms with E-state index in [2.05, 4.69) is 27.4 Å². The van der Waals surface area contributed by atoms with Crippen LogP contribution in [0.1, 0.15) is 194 Å². The average molecular weight is 512 g/mol. The Morgan fingerprint density at radius 3 is 0.629 bits per heavy atom. The third kappa shape index (κ3) is 27.3. The Balaban J connectivity index is 4.05. The number of hydrogen-bond acceptors (Lipinski definition) is 0. The van der Waals surface area contributed by atoms with E-state index in [4.69, 9.17) is 0 Å². The van der Waals surface area contributed by atoms with Crippen LogP contribution in [0.3, 0.4) is 0 Å². The quantitative estimate of drug-likeness (QED) is 0.0664. The number of hydrogen-bond donors (Lipinski definition) is 0. The Hall–Kier alpha value is 0.430. The van der Waals surface area contributed by atoms with Crippen molar-refractivity contribution in [3.63, 3.8) is 0 Å². The molecule has 0 saturated heterocycles. The second-order valence-electron chi connectivity index (χ2n) is 12.3. The Kier molecular flexibility index (Phi) is 29.3. The molecule has 212 valence electrons. The fourth-order valence-electron chi connectivity index (χ4n) is 5.75. The van der Waals surface area contributed by atoms with Gasteiger partial charge >= 0.3 is 0 Å². The van der Waals surface area contributed by atoms with Gasteiger partial charge in [0, 0.05) is 13.9 Å². The maximum absolute atomic E-state index is 2.77. The standard InChI is InChI=1S/C34H72P/c1-5-8-11-14-17-20-23-26-29-32-35(4,33-30-27-24-21-18-15-12-9-6-2)34-31-28-25-22-19-16-13-10-7-3/h5-34H2,1-4H3/q+1. The Morgan fingerprint density at radius 1 is 0.257 bits per heavy atom. The van der Waals surface area contributed by atoms with Crippen molar-refractivity contribution in [1.82, 2.24) is 0 Å². The van der Waals surface area contributed by atoms with E-state index in [1.807, 2.05) is 0 Å². The van der Waals surface area contributed by atoms with Gasteiger partial charge in [-0.25, -0.2) is 0 Å². The Labute approximate surface area is 226 Å². The van der Waals surface area contributed by atoms with Crippen LogP contribution in [-0.2, 0) is 0 Å². The molecule has 0 aromatic heterocycles. The molecule has 35 heavy (non-hydrogen) atoms. The molecule has 0 aromatic rings. The molecule has 0 unspecified atom stereocenters. The molecule has 1 heteroatoms. The summed E-state index contributed by atoms with van der Waals surface area (Å²) in [5.74, 6) is 0. The van der Waals surface area contributed by atoms with E-state index < -0.39 is 7.26 Å². The molecule has 0 radical (unpaired) electrons. The molecule has 0 saturated carbocycles. The molecular formula is C34H72P+. The largest absolute Gasteiger partial charge is 0.0654 e. The summed E-state index contributed by atoms with van der Waals surface area (Å²) in [6.07, 6.45) is 44.7. The fourth-order valence-corrected chi connectivity index (χ4v) is 9.38. The average Bonchev–Trinajstić information content (AvgIpc) is 2.86. The number of unbranched alkanes of at least 4 members (excludes halogenated alkanes) is 24. The van der Waals surface area contributed by atoms with Crippen molar-refractivity contribution in [3.05, 3.63) is 0 Å². The van der Waals surface area contributed by atoms with Crippen molar-refractivity contribution in [2.24, 2.45) is 0 Å². The normalized spacial score (nSPS) is 12.0. The van der Waals surface area contributed by atoms with Crippen LogP contribution in [0.2, 0.25) is 0 Å². The maximum Gasteiger partial charge on any atom is 0.0591 e. The summed E-state index contributed by atoms with van der Waals surface area (Å²) in [5, 5.41) is 0. The van der Waals surface area contributed by atoms with Gasteiger partial charge in [0.25, 0.3) is 0 Å². The van der Waals surface area contributed by atoms with Gasteiger partial charge in [0.1, 0.15) is 0 Å². The zero-order chi connectivity index (χ0) is 25.7. The van der Waals surface area contributed by atoms with Crippen LogP contribution in [0, 0.1) is 0 Å². The van der Waals surface area contributed by atoms with Gasteiger partial charge in [0.05, 0.1) is 18.5 Å². The van der Waals surface area contributed by atoms with Crippen LogP contribution in [-0.4, -0.2) is 25.2 Å². The minimum atomic E-state index is -0.681. The minimum absolute atomic E-state index is 0.681. The molecule has 0 amide bonds. The predicted molar refractivity (Wildman–Crippen MR) is 169 cm³/mol. The van der Waals surface area contributed by atoms with Gasteiger partial charge in [-0.15, -0.1) is 0 Å². The van der Waals surface area contributed by atoms with Crippen LogP contribution in [0.5, 0.6) is 0 Å². The molecule has 0 rings (SSSR count). The molecule has 0 nitrogen and oxygen atoms in total. The molecule has 0 heterocycles. The van der Waals surface area contributed by atoms with E-state index in [0.717, 1.165) is 0 Å². The lowest BCUT2D eigenvalue weighted by Crippen LogP contribution is -2.08. The monoisotopic (exact) mass is 512 g/mol. The molecule has 0 aromatic carbocycles. The third-order valence-electron chi connectivity index (χ3n) is 8.40. The highest BCUT2D eigenvalue weighted by Crippen LogP contribution is 2.57. The van der Waals surface area contributed by atoms with Crippen LogP contribution in [0.15, 0.2) is 0 Å². The molecule has 0 spiro atoms. The minimum Gasteiger partial charge on any atom is -0.0654 e. The lowest BCUT2D eigenvalue weighted by molar-refractivity contribution is 0.568. The lowest BCUT2D eigenvalue weighted by Gasteiger charge is -2.24. The summed E-state index contributed by atoms with van der Waals surface area (Å²) in [6, 6.07) is 0. The smallest absolute Gasteiger partial charge is 0.0591 e. The first-order chi connectivity index (χ1) is 17.2. The van der Waals surface area contributed by atoms with Crippen LogP contribution < -0.4 is 0 Å². The van der Waals surface area contributed by atoms with Gasteiger partial charge in [-0.2, -0.15) is 0 Å². The molecule has 0 aliphatic carbocycles. The van der Waals surface area contributed by atoms with Crippen LogP contribution in [0.25, 0.3) is 0 Å². The van der Waals surface area contributed by atoms with Gasteiger partial charge in [-0.3, -0.25) is 0 Å². The predicted octanol–water partition coefficient (Wildman–Crippen LogP) is 13.2. The van der Waals surface area contributed by atoms with E-state index in [1.165, 1.54) is 173 Å². The molecule has 0 bridgehead atoms. The fraction of sp³-hybridized carbons (Fsp3) is 1.00. The first-order valence-electron chi connectivity index (χ1n) is 17.0. The second kappa shape index (κ2) is 29.0. The van der Waals surface area contributed by atoms with Crippen molar-refractivity contribution in [2.75, 3.05) is 25.2 Å². The van der Waals surface area contributed by atoms with Gasteiger partial charge in [0.15, 0.2) is 0 Å². The zero-order valence-electron chi connectivity index (χ0n) is 25.7.